The Labute approximate surface area is 160 Å². The van der Waals surface area contributed by atoms with Gasteiger partial charge in [0.2, 0.25) is 5.91 Å². The summed E-state index contributed by atoms with van der Waals surface area (Å²) >= 11 is 0. The van der Waals surface area contributed by atoms with E-state index in [0.29, 0.717) is 13.0 Å². The van der Waals surface area contributed by atoms with Crippen LogP contribution in [0, 0.1) is 6.92 Å². The first-order valence-corrected chi connectivity index (χ1v) is 9.68. The summed E-state index contributed by atoms with van der Waals surface area (Å²) in [6, 6.07) is 18.4. The third kappa shape index (κ3) is 3.95. The highest BCUT2D eigenvalue weighted by Gasteiger charge is 2.21. The molecule has 0 radical (unpaired) electrons. The van der Waals surface area contributed by atoms with Crippen LogP contribution >= 0.6 is 0 Å². The van der Waals surface area contributed by atoms with Crippen molar-refractivity contribution < 1.29 is 4.79 Å². The number of para-hydroxylation sites is 1. The molecule has 0 spiro atoms. The first-order valence-electron chi connectivity index (χ1n) is 9.68. The quantitative estimate of drug-likeness (QED) is 0.750. The van der Waals surface area contributed by atoms with Crippen LogP contribution in [-0.4, -0.2) is 15.5 Å². The first-order chi connectivity index (χ1) is 13.2. The lowest BCUT2D eigenvalue weighted by Crippen LogP contribution is -2.26. The summed E-state index contributed by atoms with van der Waals surface area (Å²) in [6.07, 6.45) is 4.86. The van der Waals surface area contributed by atoms with E-state index >= 15 is 0 Å². The maximum absolute atomic E-state index is 12.4. The number of carbonyl (C=O) groups is 1. The molecule has 2 aromatic carbocycles. The number of aryl methyl sites for hydroxylation is 2. The maximum Gasteiger partial charge on any atom is 0.224 e. The number of benzene rings is 2. The van der Waals surface area contributed by atoms with E-state index in [1.165, 1.54) is 29.8 Å². The van der Waals surface area contributed by atoms with Gasteiger partial charge in [-0.2, -0.15) is 0 Å². The Kier molecular flexibility index (Phi) is 5.05. The van der Waals surface area contributed by atoms with Gasteiger partial charge in [-0.1, -0.05) is 48.0 Å². The minimum absolute atomic E-state index is 0.0273. The van der Waals surface area contributed by atoms with Gasteiger partial charge in [0.05, 0.1) is 18.7 Å². The molecule has 27 heavy (non-hydrogen) atoms. The van der Waals surface area contributed by atoms with Gasteiger partial charge in [-0.05, 0) is 50.3 Å². The molecule has 1 aliphatic carbocycles. The predicted molar refractivity (Wildman–Crippen MR) is 107 cm³/mol. The highest BCUT2D eigenvalue weighted by atomic mass is 16.1. The van der Waals surface area contributed by atoms with Crippen LogP contribution in [0.15, 0.2) is 54.6 Å². The van der Waals surface area contributed by atoms with Gasteiger partial charge in [-0.3, -0.25) is 9.36 Å². The van der Waals surface area contributed by atoms with E-state index in [1.807, 2.05) is 42.5 Å². The van der Waals surface area contributed by atoms with E-state index in [2.05, 4.69) is 28.9 Å². The average Bonchev–Trinajstić information content (AvgIpc) is 3.07. The molecule has 0 saturated heterocycles. The van der Waals surface area contributed by atoms with Crippen LogP contribution in [0.3, 0.4) is 0 Å². The topological polar surface area (TPSA) is 46.9 Å². The van der Waals surface area contributed by atoms with Gasteiger partial charge >= 0.3 is 0 Å². The SMILES string of the molecule is Cc1ccc(CC(=O)NCc2nc3c(n2-c2ccccc2)CCCC3)cc1. The lowest BCUT2D eigenvalue weighted by molar-refractivity contribution is -0.120. The molecule has 0 saturated carbocycles. The maximum atomic E-state index is 12.4. The zero-order valence-electron chi connectivity index (χ0n) is 15.7. The lowest BCUT2D eigenvalue weighted by atomic mass is 10.0. The van der Waals surface area contributed by atoms with E-state index in [9.17, 15) is 4.79 Å². The molecule has 1 aliphatic rings. The zero-order valence-corrected chi connectivity index (χ0v) is 15.7. The van der Waals surface area contributed by atoms with E-state index in [-0.39, 0.29) is 5.91 Å². The van der Waals surface area contributed by atoms with Crippen LogP contribution in [0.2, 0.25) is 0 Å². The summed E-state index contributed by atoms with van der Waals surface area (Å²) in [4.78, 5) is 17.3. The second-order valence-electron chi connectivity index (χ2n) is 7.24. The van der Waals surface area contributed by atoms with Crippen molar-refractivity contribution in [1.82, 2.24) is 14.9 Å². The van der Waals surface area contributed by atoms with Crippen molar-refractivity contribution >= 4 is 5.91 Å². The Hall–Kier alpha value is -2.88. The van der Waals surface area contributed by atoms with Crippen molar-refractivity contribution in [3.8, 4) is 5.69 Å². The minimum atomic E-state index is 0.0273. The molecule has 138 valence electrons. The third-order valence-corrected chi connectivity index (χ3v) is 5.15. The number of imidazole rings is 1. The van der Waals surface area contributed by atoms with Crippen molar-refractivity contribution in [2.24, 2.45) is 0 Å². The second kappa shape index (κ2) is 7.78. The molecule has 0 bridgehead atoms. The molecule has 4 nitrogen and oxygen atoms in total. The van der Waals surface area contributed by atoms with Crippen LogP contribution in [0.25, 0.3) is 5.69 Å². The number of amides is 1. The first kappa shape index (κ1) is 17.5. The summed E-state index contributed by atoms with van der Waals surface area (Å²) in [7, 11) is 0. The van der Waals surface area contributed by atoms with Gasteiger partial charge in [0.25, 0.3) is 0 Å². The molecule has 1 aromatic heterocycles. The Balaban J connectivity index is 1.52. The Morgan fingerprint density at radius 3 is 2.56 bits per heavy atom. The molecule has 1 amide bonds. The average molecular weight is 359 g/mol. The van der Waals surface area contributed by atoms with E-state index in [0.717, 1.165) is 29.9 Å². The number of rotatable bonds is 5. The van der Waals surface area contributed by atoms with Gasteiger partial charge < -0.3 is 5.32 Å². The van der Waals surface area contributed by atoms with E-state index in [1.54, 1.807) is 0 Å². The number of hydrogen-bond acceptors (Lipinski definition) is 2. The number of aromatic nitrogens is 2. The highest BCUT2D eigenvalue weighted by molar-refractivity contribution is 5.78. The second-order valence-corrected chi connectivity index (χ2v) is 7.24. The molecule has 0 unspecified atom stereocenters. The molecule has 1 N–H and O–H groups in total. The molecule has 4 rings (SSSR count). The summed E-state index contributed by atoms with van der Waals surface area (Å²) in [5.41, 5.74) is 5.84. The van der Waals surface area contributed by atoms with E-state index < -0.39 is 0 Å². The van der Waals surface area contributed by atoms with Crippen molar-refractivity contribution in [2.75, 3.05) is 0 Å². The molecular formula is C23H25N3O. The van der Waals surface area contributed by atoms with Gasteiger partial charge in [0, 0.05) is 11.4 Å². The fourth-order valence-electron chi connectivity index (χ4n) is 3.73. The molecule has 0 atom stereocenters. The molecule has 1 heterocycles. The molecular weight excluding hydrogens is 334 g/mol. The van der Waals surface area contributed by atoms with E-state index in [4.69, 9.17) is 4.98 Å². The predicted octanol–water partition coefficient (Wildman–Crippen LogP) is 3.92. The van der Waals surface area contributed by atoms with Crippen LogP contribution in [0.4, 0.5) is 0 Å². The molecule has 0 aliphatic heterocycles. The Bertz CT molecular complexity index is 926. The highest BCUT2D eigenvalue weighted by Crippen LogP contribution is 2.25. The monoisotopic (exact) mass is 359 g/mol. The largest absolute Gasteiger partial charge is 0.349 e. The lowest BCUT2D eigenvalue weighted by Gasteiger charge is -2.15. The Morgan fingerprint density at radius 2 is 1.78 bits per heavy atom. The number of hydrogen-bond donors (Lipinski definition) is 1. The van der Waals surface area contributed by atoms with Crippen molar-refractivity contribution in [3.63, 3.8) is 0 Å². The summed E-state index contributed by atoms with van der Waals surface area (Å²) in [5, 5.41) is 3.06. The van der Waals surface area contributed by atoms with Crippen molar-refractivity contribution in [1.29, 1.82) is 0 Å². The normalized spacial score (nSPS) is 13.2. The molecule has 3 aromatic rings. The van der Waals surface area contributed by atoms with Crippen molar-refractivity contribution in [3.05, 3.63) is 82.9 Å². The van der Waals surface area contributed by atoms with Gasteiger partial charge in [0.1, 0.15) is 5.82 Å². The zero-order chi connectivity index (χ0) is 18.6. The summed E-state index contributed by atoms with van der Waals surface area (Å²) in [5.74, 6) is 0.949. The fraction of sp³-hybridized carbons (Fsp3) is 0.304. The van der Waals surface area contributed by atoms with Gasteiger partial charge in [-0.25, -0.2) is 4.98 Å². The van der Waals surface area contributed by atoms with Gasteiger partial charge in [0.15, 0.2) is 0 Å². The van der Waals surface area contributed by atoms with Gasteiger partial charge in [-0.15, -0.1) is 0 Å². The summed E-state index contributed by atoms with van der Waals surface area (Å²) < 4.78 is 2.24. The molecule has 4 heteroatoms. The summed E-state index contributed by atoms with van der Waals surface area (Å²) in [6.45, 7) is 2.50. The van der Waals surface area contributed by atoms with Crippen LogP contribution in [0.5, 0.6) is 0 Å². The van der Waals surface area contributed by atoms with Crippen molar-refractivity contribution in [2.45, 2.75) is 45.6 Å². The number of nitrogens with zero attached hydrogens (tertiary/aromatic N) is 2. The smallest absolute Gasteiger partial charge is 0.224 e. The third-order valence-electron chi connectivity index (χ3n) is 5.15. The Morgan fingerprint density at radius 1 is 1.04 bits per heavy atom. The standard InChI is InChI=1S/C23H25N3O/c1-17-11-13-18(14-12-17)15-23(27)24-16-22-25-20-9-5-6-10-21(20)26(22)19-7-3-2-4-8-19/h2-4,7-8,11-14H,5-6,9-10,15-16H2,1H3,(H,24,27). The van der Waals surface area contributed by atoms with Crippen LogP contribution in [0.1, 0.15) is 41.2 Å². The number of carbonyl (C=O) groups excluding carboxylic acids is 1. The minimum Gasteiger partial charge on any atom is -0.349 e. The van der Waals surface area contributed by atoms with Crippen LogP contribution in [-0.2, 0) is 30.6 Å². The number of fused-ring (bicyclic) bond motifs is 1. The van der Waals surface area contributed by atoms with Crippen LogP contribution < -0.4 is 5.32 Å². The molecule has 0 fully saturated rings. The number of nitrogens with one attached hydrogen (secondary N) is 1. The fourth-order valence-corrected chi connectivity index (χ4v) is 3.73.